The maximum Gasteiger partial charge on any atom is 0.141 e. The molecule has 0 aliphatic carbocycles. The highest BCUT2D eigenvalue weighted by Gasteiger charge is 2.29. The molecule has 0 saturated carbocycles. The summed E-state index contributed by atoms with van der Waals surface area (Å²) < 4.78 is 0. The van der Waals surface area contributed by atoms with E-state index in [1.807, 2.05) is 71.1 Å². The van der Waals surface area contributed by atoms with Crippen molar-refractivity contribution in [3.05, 3.63) is 281 Å². The van der Waals surface area contributed by atoms with Gasteiger partial charge in [-0.15, -0.1) is 22.7 Å². The van der Waals surface area contributed by atoms with Crippen LogP contribution in [-0.2, 0) is 34.5 Å². The van der Waals surface area contributed by atoms with Gasteiger partial charge in [-0.05, 0) is 150 Å². The van der Waals surface area contributed by atoms with Crippen LogP contribution in [0.25, 0.3) is 88.2 Å². The Morgan fingerprint density at radius 2 is 0.806 bits per heavy atom. The predicted octanol–water partition coefficient (Wildman–Crippen LogP) is 24.5. The first kappa shape index (κ1) is 71.2. The maximum atomic E-state index is 4.94. The van der Waals surface area contributed by atoms with Gasteiger partial charge in [0.05, 0.1) is 61.9 Å². The number of rotatable bonds is 4. The van der Waals surface area contributed by atoms with Crippen LogP contribution in [0.1, 0.15) is 145 Å². The highest BCUT2D eigenvalue weighted by molar-refractivity contribution is 7.13. The van der Waals surface area contributed by atoms with Crippen LogP contribution in [-0.4, -0.2) is 40.4 Å². The quantitative estimate of drug-likeness (QED) is 0.172. The van der Waals surface area contributed by atoms with Gasteiger partial charge in [0.2, 0.25) is 0 Å². The van der Waals surface area contributed by atoms with Gasteiger partial charge in [0, 0.05) is 72.6 Å². The van der Waals surface area contributed by atoms with E-state index in [1.165, 1.54) is 71.7 Å². The molecule has 1 aliphatic heterocycles. The third kappa shape index (κ3) is 16.8. The zero-order valence-corrected chi connectivity index (χ0v) is 60.6. The minimum absolute atomic E-state index is 0. The lowest BCUT2D eigenvalue weighted by atomic mass is 9.84. The van der Waals surface area contributed by atoms with E-state index in [9.17, 15) is 0 Å². The number of aromatic nitrogens is 7. The summed E-state index contributed by atoms with van der Waals surface area (Å²) in [5.41, 5.74) is 23.0. The average molecular weight is 1330 g/mol. The second-order valence-corrected chi connectivity index (χ2v) is 31.5. The lowest BCUT2D eigenvalue weighted by Crippen LogP contribution is -2.38. The minimum Gasteiger partial charge on any atom is -0.336 e. The van der Waals surface area contributed by atoms with E-state index in [2.05, 4.69) is 300 Å². The van der Waals surface area contributed by atoms with Gasteiger partial charge in [0.15, 0.2) is 0 Å². The average Bonchev–Trinajstić information content (AvgIpc) is 1.22. The molecular weight excluding hydrogens is 1230 g/mol. The van der Waals surface area contributed by atoms with E-state index in [0.717, 1.165) is 74.3 Å². The monoisotopic (exact) mass is 1330 g/mol. The van der Waals surface area contributed by atoms with Crippen LogP contribution >= 0.6 is 22.7 Å². The van der Waals surface area contributed by atoms with Crippen molar-refractivity contribution in [2.75, 3.05) is 4.90 Å². The van der Waals surface area contributed by atoms with Gasteiger partial charge in [0.25, 0.3) is 0 Å². The van der Waals surface area contributed by atoms with Gasteiger partial charge in [0.1, 0.15) is 5.01 Å². The molecule has 8 nitrogen and oxygen atoms in total. The molecule has 0 radical (unpaired) electrons. The topological polar surface area (TPSA) is 93.5 Å². The fourth-order valence-electron chi connectivity index (χ4n) is 12.5. The number of hydrogen-bond acceptors (Lipinski definition) is 10. The second-order valence-electron chi connectivity index (χ2n) is 29.8. The Kier molecular flexibility index (Phi) is 21.8. The summed E-state index contributed by atoms with van der Waals surface area (Å²) in [6.45, 7) is 33.6. The van der Waals surface area contributed by atoms with Crippen molar-refractivity contribution in [3.63, 3.8) is 0 Å². The molecule has 0 saturated heterocycles. The van der Waals surface area contributed by atoms with E-state index >= 15 is 0 Å². The first-order valence-electron chi connectivity index (χ1n) is 33.6. The molecule has 0 bridgehead atoms. The fraction of sp³-hybridized carbons (Fsp3) is 0.261. The predicted molar refractivity (Wildman–Crippen MR) is 422 cm³/mol. The normalized spacial score (nSPS) is 12.3. The Labute approximate surface area is 590 Å². The van der Waals surface area contributed by atoms with Crippen molar-refractivity contribution in [1.82, 2.24) is 34.9 Å². The Balaban J connectivity index is 0.000000132. The highest BCUT2D eigenvalue weighted by atomic mass is 32.1. The van der Waals surface area contributed by atoms with Crippen molar-refractivity contribution >= 4 is 77.5 Å². The number of anilines is 2. The smallest absolute Gasteiger partial charge is 0.141 e. The summed E-state index contributed by atoms with van der Waals surface area (Å²) in [7, 11) is 0. The van der Waals surface area contributed by atoms with Crippen LogP contribution in [0.3, 0.4) is 0 Å². The molecule has 14 aromatic rings. The Morgan fingerprint density at radius 1 is 0.357 bits per heavy atom. The van der Waals surface area contributed by atoms with E-state index in [4.69, 9.17) is 19.9 Å². The largest absolute Gasteiger partial charge is 0.336 e. The number of para-hydroxylation sites is 5. The van der Waals surface area contributed by atoms with Crippen LogP contribution in [0.4, 0.5) is 11.4 Å². The number of benzene rings is 7. The maximum absolute atomic E-state index is 4.94. The Hall–Kier alpha value is -9.61. The molecule has 1 aliphatic rings. The second kappa shape index (κ2) is 30.0. The Bertz CT molecular complexity index is 4640. The molecule has 0 unspecified atom stereocenters. The van der Waals surface area contributed by atoms with Gasteiger partial charge in [-0.3, -0.25) is 9.97 Å². The lowest BCUT2D eigenvalue weighted by Gasteiger charge is -2.39. The standard InChI is InChI=1S/C19H19N.C18H18N2.C18H21N.2C16H16N2S.CH4/c1-19(2,3)18-16-12-8-7-11-15(16)13-17(20-18)14-9-5-4-6-10-14;1-18(2,3)14-12-17(16-10-6-7-11-19-16)20-15-9-5-4-8-13(14)15;1-18(2,3)19-16-10-6-4-8-14(16)12-13-15-9-5-7-11-17(15)19;1-16(2,3)12-8-14(15-9-19-10-17-15)18-13-7-5-4-6-11(12)13;1-16(2,3)12-10-14(15-17-8-9-19-15)18-13-7-5-4-6-11(12)13;/h4-13H,1-3H3;4-12H,1-3H3;4-11H,12-13H2,1-3H3;2*4-10H,1-3H3;1H4. The fourth-order valence-corrected chi connectivity index (χ4v) is 13.6. The summed E-state index contributed by atoms with van der Waals surface area (Å²) in [5.74, 6) is 0. The van der Waals surface area contributed by atoms with Crippen LogP contribution in [0, 0.1) is 0 Å². The number of fused-ring (bicyclic) bond motifs is 6. The molecule has 10 heteroatoms. The van der Waals surface area contributed by atoms with Crippen molar-refractivity contribution in [2.24, 2.45) is 0 Å². The molecular formula is C88H94N8S2. The Morgan fingerprint density at radius 3 is 1.27 bits per heavy atom. The van der Waals surface area contributed by atoms with E-state index in [0.29, 0.717) is 0 Å². The molecule has 15 rings (SSSR count). The van der Waals surface area contributed by atoms with Crippen LogP contribution in [0.2, 0.25) is 0 Å². The molecule has 7 aromatic carbocycles. The molecule has 7 aromatic heterocycles. The first-order valence-corrected chi connectivity index (χ1v) is 35.4. The van der Waals surface area contributed by atoms with Gasteiger partial charge in [-0.2, -0.15) is 0 Å². The van der Waals surface area contributed by atoms with E-state index in [1.54, 1.807) is 22.7 Å². The molecule has 0 amide bonds. The van der Waals surface area contributed by atoms with E-state index in [-0.39, 0.29) is 34.6 Å². The lowest BCUT2D eigenvalue weighted by molar-refractivity contribution is 0.559. The van der Waals surface area contributed by atoms with Gasteiger partial charge in [-0.1, -0.05) is 242 Å². The molecule has 0 N–H and O–H groups in total. The van der Waals surface area contributed by atoms with Crippen molar-refractivity contribution in [3.8, 4) is 44.7 Å². The van der Waals surface area contributed by atoms with Crippen molar-refractivity contribution in [2.45, 2.75) is 151 Å². The minimum atomic E-state index is 0. The zero-order valence-electron chi connectivity index (χ0n) is 59.0. The van der Waals surface area contributed by atoms with E-state index < -0.39 is 0 Å². The van der Waals surface area contributed by atoms with Gasteiger partial charge in [-0.25, -0.2) is 24.9 Å². The summed E-state index contributed by atoms with van der Waals surface area (Å²) in [6.07, 6.45) is 5.89. The molecule has 98 heavy (non-hydrogen) atoms. The molecule has 8 heterocycles. The number of nitrogens with zero attached hydrogens (tertiary/aromatic N) is 8. The van der Waals surface area contributed by atoms with Crippen molar-refractivity contribution in [1.29, 1.82) is 0 Å². The summed E-state index contributed by atoms with van der Waals surface area (Å²) in [4.78, 5) is 34.8. The number of aryl methyl sites for hydroxylation is 2. The highest BCUT2D eigenvalue weighted by Crippen LogP contribution is 2.42. The molecule has 0 spiro atoms. The van der Waals surface area contributed by atoms with Gasteiger partial charge >= 0.3 is 0 Å². The van der Waals surface area contributed by atoms with Crippen LogP contribution in [0.5, 0.6) is 0 Å². The first-order chi connectivity index (χ1) is 46.3. The van der Waals surface area contributed by atoms with Crippen molar-refractivity contribution < 1.29 is 0 Å². The summed E-state index contributed by atoms with van der Waals surface area (Å²) >= 11 is 3.23. The van der Waals surface area contributed by atoms with Gasteiger partial charge < -0.3 is 4.90 Å². The number of hydrogen-bond donors (Lipinski definition) is 0. The van der Waals surface area contributed by atoms with Crippen LogP contribution in [0.15, 0.2) is 247 Å². The third-order valence-corrected chi connectivity index (χ3v) is 18.5. The number of thiazole rings is 2. The molecule has 498 valence electrons. The van der Waals surface area contributed by atoms with Crippen LogP contribution < -0.4 is 4.90 Å². The SMILES string of the molecule is C.CC(C)(C)N1c2ccccc2CCc2ccccc21.CC(C)(C)c1cc(-c2ccccn2)nc2ccccc12.CC(C)(C)c1cc(-c2cscn2)nc2ccccc12.CC(C)(C)c1cc(-c2nccs2)nc2ccccc12.CC(C)(C)c1nc(-c2ccccc2)cc2ccccc12. The molecule has 0 fully saturated rings. The summed E-state index contributed by atoms with van der Waals surface area (Å²) in [5, 5.41) is 11.2. The number of pyridine rings is 5. The molecule has 0 atom stereocenters. The zero-order chi connectivity index (χ0) is 68.7. The third-order valence-electron chi connectivity index (χ3n) is 17.2. The summed E-state index contributed by atoms with van der Waals surface area (Å²) in [6, 6.07) is 76.1.